The fraction of sp³-hybridized carbons (Fsp3) is 1.00. The van der Waals surface area contributed by atoms with E-state index >= 15 is 0 Å². The molecule has 1 aliphatic rings. The third kappa shape index (κ3) is 2.73. The molecule has 0 bridgehead atoms. The second-order valence-electron chi connectivity index (χ2n) is 3.02. The van der Waals surface area contributed by atoms with Gasteiger partial charge in [0.05, 0.1) is 12.2 Å². The molecule has 1 fully saturated rings. The highest BCUT2D eigenvalue weighted by Gasteiger charge is 2.26. The van der Waals surface area contributed by atoms with Crippen LogP contribution >= 0.6 is 15.9 Å². The van der Waals surface area contributed by atoms with E-state index in [2.05, 4.69) is 15.9 Å². The minimum absolute atomic E-state index is 0.373. The van der Waals surface area contributed by atoms with Crippen molar-refractivity contribution in [2.24, 2.45) is 0 Å². The van der Waals surface area contributed by atoms with Gasteiger partial charge in [0.1, 0.15) is 0 Å². The highest BCUT2D eigenvalue weighted by molar-refractivity contribution is 9.09. The number of rotatable bonds is 2. The van der Waals surface area contributed by atoms with Crippen molar-refractivity contribution >= 4 is 15.9 Å². The fourth-order valence-corrected chi connectivity index (χ4v) is 2.37. The number of hydrogen-bond donors (Lipinski definition) is 0. The Morgan fingerprint density at radius 2 is 1.45 bits per heavy atom. The van der Waals surface area contributed by atoms with Crippen molar-refractivity contribution in [2.45, 2.75) is 36.3 Å². The van der Waals surface area contributed by atoms with Gasteiger partial charge in [-0.2, -0.15) is 0 Å². The molecular formula is C8H15BrO2. The van der Waals surface area contributed by atoms with Gasteiger partial charge in [0.25, 0.3) is 0 Å². The Labute approximate surface area is 76.4 Å². The Hall–Kier alpha value is 0.400. The largest absolute Gasteiger partial charge is 0.381 e. The second kappa shape index (κ2) is 4.43. The Kier molecular flexibility index (Phi) is 3.82. The lowest BCUT2D eigenvalue weighted by Crippen LogP contribution is -2.32. The normalized spacial score (nSPS) is 39.0. The lowest BCUT2D eigenvalue weighted by Gasteiger charge is -2.30. The van der Waals surface area contributed by atoms with Gasteiger partial charge in [-0.25, -0.2) is 0 Å². The Balaban J connectivity index is 2.37. The van der Waals surface area contributed by atoms with Gasteiger partial charge >= 0.3 is 0 Å². The van der Waals surface area contributed by atoms with Crippen LogP contribution in [0.2, 0.25) is 0 Å². The number of halogens is 1. The molecule has 66 valence electrons. The molecule has 0 amide bonds. The van der Waals surface area contributed by atoms with E-state index in [4.69, 9.17) is 9.47 Å². The summed E-state index contributed by atoms with van der Waals surface area (Å²) in [5.74, 6) is 0. The Morgan fingerprint density at radius 1 is 1.00 bits per heavy atom. The number of methoxy groups -OCH3 is 2. The van der Waals surface area contributed by atoms with Gasteiger partial charge in [-0.1, -0.05) is 15.9 Å². The minimum Gasteiger partial charge on any atom is -0.381 e. The third-order valence-corrected chi connectivity index (χ3v) is 2.98. The summed E-state index contributed by atoms with van der Waals surface area (Å²) in [4.78, 5) is 0.561. The van der Waals surface area contributed by atoms with Gasteiger partial charge < -0.3 is 9.47 Å². The van der Waals surface area contributed by atoms with E-state index in [9.17, 15) is 0 Å². The fourth-order valence-electron chi connectivity index (χ4n) is 1.54. The highest BCUT2D eigenvalue weighted by Crippen LogP contribution is 2.27. The zero-order valence-electron chi connectivity index (χ0n) is 7.05. The maximum absolute atomic E-state index is 5.28. The summed E-state index contributed by atoms with van der Waals surface area (Å²) >= 11 is 3.59. The van der Waals surface area contributed by atoms with E-state index in [0.717, 1.165) is 19.3 Å². The predicted molar refractivity (Wildman–Crippen MR) is 48.2 cm³/mol. The predicted octanol–water partition coefficient (Wildman–Crippen LogP) is 1.96. The van der Waals surface area contributed by atoms with Gasteiger partial charge in [0.2, 0.25) is 0 Å². The molecule has 0 saturated heterocycles. The van der Waals surface area contributed by atoms with Crippen molar-refractivity contribution in [3.63, 3.8) is 0 Å². The summed E-state index contributed by atoms with van der Waals surface area (Å²) < 4.78 is 10.6. The van der Waals surface area contributed by atoms with Crippen molar-refractivity contribution in [1.82, 2.24) is 0 Å². The molecule has 2 nitrogen and oxygen atoms in total. The summed E-state index contributed by atoms with van der Waals surface area (Å²) in [6.07, 6.45) is 4.00. The Morgan fingerprint density at radius 3 is 1.82 bits per heavy atom. The maximum Gasteiger partial charge on any atom is 0.0606 e. The molecule has 0 aliphatic heterocycles. The summed E-state index contributed by atoms with van der Waals surface area (Å²) in [7, 11) is 3.53. The van der Waals surface area contributed by atoms with Crippen LogP contribution in [0.15, 0.2) is 0 Å². The van der Waals surface area contributed by atoms with Crippen LogP contribution in [0.3, 0.4) is 0 Å². The molecule has 1 aliphatic carbocycles. The van der Waals surface area contributed by atoms with Gasteiger partial charge in [0, 0.05) is 19.0 Å². The molecule has 0 radical (unpaired) electrons. The van der Waals surface area contributed by atoms with Crippen molar-refractivity contribution in [3.8, 4) is 0 Å². The van der Waals surface area contributed by atoms with Crippen molar-refractivity contribution in [2.75, 3.05) is 14.2 Å². The van der Waals surface area contributed by atoms with E-state index in [1.807, 2.05) is 0 Å². The first-order valence-corrected chi connectivity index (χ1v) is 4.87. The topological polar surface area (TPSA) is 18.5 Å². The minimum atomic E-state index is 0.373. The van der Waals surface area contributed by atoms with E-state index in [1.54, 1.807) is 14.2 Å². The van der Waals surface area contributed by atoms with Gasteiger partial charge in [0.15, 0.2) is 0 Å². The summed E-state index contributed by atoms with van der Waals surface area (Å²) in [6, 6.07) is 0. The van der Waals surface area contributed by atoms with Crippen LogP contribution in [0.4, 0.5) is 0 Å². The molecule has 0 spiro atoms. The van der Waals surface area contributed by atoms with E-state index in [1.165, 1.54) is 0 Å². The summed E-state index contributed by atoms with van der Waals surface area (Å²) in [5, 5.41) is 0. The first-order chi connectivity index (χ1) is 5.26. The third-order valence-electron chi connectivity index (χ3n) is 2.23. The maximum atomic E-state index is 5.28. The average Bonchev–Trinajstić information content (AvgIpc) is 2.03. The molecule has 2 unspecified atom stereocenters. The van der Waals surface area contributed by atoms with Gasteiger partial charge in [-0.15, -0.1) is 0 Å². The molecule has 2 atom stereocenters. The quantitative estimate of drug-likeness (QED) is 0.666. The van der Waals surface area contributed by atoms with Gasteiger partial charge in [-0.3, -0.25) is 0 Å². The first kappa shape index (κ1) is 9.49. The average molecular weight is 223 g/mol. The first-order valence-electron chi connectivity index (χ1n) is 3.96. The smallest absolute Gasteiger partial charge is 0.0606 e. The van der Waals surface area contributed by atoms with Crippen LogP contribution < -0.4 is 0 Å². The molecule has 1 rings (SSSR count). The molecule has 1 saturated carbocycles. The highest BCUT2D eigenvalue weighted by atomic mass is 79.9. The molecule has 3 heteroatoms. The summed E-state index contributed by atoms with van der Waals surface area (Å²) in [6.45, 7) is 0. The van der Waals surface area contributed by atoms with E-state index < -0.39 is 0 Å². The summed E-state index contributed by atoms with van der Waals surface area (Å²) in [5.41, 5.74) is 0. The molecule has 11 heavy (non-hydrogen) atoms. The zero-order chi connectivity index (χ0) is 8.27. The molecule has 0 heterocycles. The van der Waals surface area contributed by atoms with E-state index in [0.29, 0.717) is 17.0 Å². The van der Waals surface area contributed by atoms with E-state index in [-0.39, 0.29) is 0 Å². The SMILES string of the molecule is COC1CC(Br)CC(OC)C1. The van der Waals surface area contributed by atoms with Crippen molar-refractivity contribution < 1.29 is 9.47 Å². The van der Waals surface area contributed by atoms with Crippen LogP contribution in [-0.2, 0) is 9.47 Å². The molecule has 0 aromatic rings. The zero-order valence-corrected chi connectivity index (χ0v) is 8.63. The molecule has 0 N–H and O–H groups in total. The van der Waals surface area contributed by atoms with Crippen molar-refractivity contribution in [3.05, 3.63) is 0 Å². The van der Waals surface area contributed by atoms with Crippen LogP contribution in [-0.4, -0.2) is 31.3 Å². The van der Waals surface area contributed by atoms with Crippen molar-refractivity contribution in [1.29, 1.82) is 0 Å². The second-order valence-corrected chi connectivity index (χ2v) is 4.31. The molecular weight excluding hydrogens is 208 g/mol. The lowest BCUT2D eigenvalue weighted by atomic mass is 9.95. The van der Waals surface area contributed by atoms with Crippen LogP contribution in [0, 0.1) is 0 Å². The standard InChI is InChI=1S/C8H15BrO2/c1-10-7-3-6(9)4-8(5-7)11-2/h6-8H,3-5H2,1-2H3. The molecule has 0 aromatic carbocycles. The van der Waals surface area contributed by atoms with Gasteiger partial charge in [-0.05, 0) is 19.3 Å². The van der Waals surface area contributed by atoms with Crippen LogP contribution in [0.5, 0.6) is 0 Å². The number of alkyl halides is 1. The lowest BCUT2D eigenvalue weighted by molar-refractivity contribution is -0.00619. The monoisotopic (exact) mass is 222 g/mol. The van der Waals surface area contributed by atoms with Crippen LogP contribution in [0.25, 0.3) is 0 Å². The molecule has 0 aromatic heterocycles. The number of hydrogen-bond acceptors (Lipinski definition) is 2. The number of ether oxygens (including phenoxy) is 2. The Bertz CT molecular complexity index is 107. The van der Waals surface area contributed by atoms with Crippen LogP contribution in [0.1, 0.15) is 19.3 Å².